The summed E-state index contributed by atoms with van der Waals surface area (Å²) in [5, 5.41) is 0. The van der Waals surface area contributed by atoms with Crippen molar-refractivity contribution in [2.45, 2.75) is 11.8 Å². The number of rotatable bonds is 6. The molecule has 2 aromatic carbocycles. The van der Waals surface area contributed by atoms with Gasteiger partial charge >= 0.3 is 5.97 Å². The summed E-state index contributed by atoms with van der Waals surface area (Å²) in [4.78, 5) is 25.1. The lowest BCUT2D eigenvalue weighted by Gasteiger charge is -2.31. The highest BCUT2D eigenvalue weighted by molar-refractivity contribution is 7.89. The van der Waals surface area contributed by atoms with Gasteiger partial charge in [0.2, 0.25) is 0 Å². The van der Waals surface area contributed by atoms with Crippen LogP contribution in [0.5, 0.6) is 5.75 Å². The number of fused-ring (bicyclic) bond motifs is 1. The first-order chi connectivity index (χ1) is 13.8. The first-order valence-electron chi connectivity index (χ1n) is 8.65. The van der Waals surface area contributed by atoms with Crippen molar-refractivity contribution in [3.05, 3.63) is 78.0 Å². The van der Waals surface area contributed by atoms with E-state index in [1.54, 1.807) is 24.3 Å². The Hall–Kier alpha value is -3.39. The SMILES string of the molecule is C=CCN1C(C(C)=O)=C(OC(=O)c2ccc(OC)cc2)c2ccccc2S1(=O)=O. The van der Waals surface area contributed by atoms with E-state index < -0.39 is 21.8 Å². The highest BCUT2D eigenvalue weighted by Gasteiger charge is 2.39. The van der Waals surface area contributed by atoms with Crippen molar-refractivity contribution in [3.8, 4) is 5.75 Å². The van der Waals surface area contributed by atoms with Crippen LogP contribution in [-0.2, 0) is 19.6 Å². The summed E-state index contributed by atoms with van der Waals surface area (Å²) in [6, 6.07) is 12.3. The Morgan fingerprint density at radius 1 is 1.10 bits per heavy atom. The van der Waals surface area contributed by atoms with E-state index in [1.807, 2.05) is 0 Å². The number of ether oxygens (including phenoxy) is 2. The highest BCUT2D eigenvalue weighted by atomic mass is 32.2. The van der Waals surface area contributed by atoms with Crippen LogP contribution >= 0.6 is 0 Å². The van der Waals surface area contributed by atoms with E-state index in [2.05, 4.69) is 6.58 Å². The van der Waals surface area contributed by atoms with E-state index in [4.69, 9.17) is 9.47 Å². The van der Waals surface area contributed by atoms with E-state index in [0.29, 0.717) is 5.75 Å². The second-order valence-corrected chi connectivity index (χ2v) is 8.00. The maximum absolute atomic E-state index is 13.0. The molecular formula is C21H19NO6S. The molecule has 0 spiro atoms. The molecule has 0 radical (unpaired) electrons. The molecule has 0 atom stereocenters. The molecule has 0 bridgehead atoms. The first-order valence-corrected chi connectivity index (χ1v) is 10.1. The van der Waals surface area contributed by atoms with Crippen LogP contribution < -0.4 is 4.74 Å². The molecule has 0 amide bonds. The Morgan fingerprint density at radius 3 is 2.34 bits per heavy atom. The average Bonchev–Trinajstić information content (AvgIpc) is 2.71. The number of carbonyl (C=O) groups excluding carboxylic acids is 2. The lowest BCUT2D eigenvalue weighted by Crippen LogP contribution is -2.38. The second-order valence-electron chi connectivity index (χ2n) is 6.17. The molecule has 3 rings (SSSR count). The lowest BCUT2D eigenvalue weighted by atomic mass is 10.1. The van der Waals surface area contributed by atoms with Crippen LogP contribution in [0.25, 0.3) is 5.76 Å². The van der Waals surface area contributed by atoms with Crippen LogP contribution in [-0.4, -0.2) is 38.1 Å². The van der Waals surface area contributed by atoms with Gasteiger partial charge in [0.05, 0.1) is 24.1 Å². The monoisotopic (exact) mass is 413 g/mol. The number of ketones is 1. The fraction of sp³-hybridized carbons (Fsp3) is 0.143. The van der Waals surface area contributed by atoms with E-state index >= 15 is 0 Å². The Labute approximate surface area is 168 Å². The van der Waals surface area contributed by atoms with E-state index in [1.165, 1.54) is 44.4 Å². The smallest absolute Gasteiger partial charge is 0.343 e. The molecule has 150 valence electrons. The first kappa shape index (κ1) is 20.3. The zero-order chi connectivity index (χ0) is 21.2. The van der Waals surface area contributed by atoms with Crippen LogP contribution in [0.15, 0.2) is 71.8 Å². The average molecular weight is 413 g/mol. The van der Waals surface area contributed by atoms with Crippen LogP contribution in [0.3, 0.4) is 0 Å². The second kappa shape index (κ2) is 7.92. The summed E-state index contributed by atoms with van der Waals surface area (Å²) >= 11 is 0. The number of Topliss-reactive ketones (excluding diaryl/α,β-unsaturated/α-hetero) is 1. The fourth-order valence-corrected chi connectivity index (χ4v) is 4.66. The Balaban J connectivity index is 2.16. The molecule has 0 aromatic heterocycles. The van der Waals surface area contributed by atoms with Gasteiger partial charge in [-0.1, -0.05) is 18.2 Å². The zero-order valence-corrected chi connectivity index (χ0v) is 16.7. The van der Waals surface area contributed by atoms with Gasteiger partial charge in [-0.05, 0) is 36.4 Å². The topological polar surface area (TPSA) is 90.0 Å². The van der Waals surface area contributed by atoms with Crippen molar-refractivity contribution in [2.24, 2.45) is 0 Å². The number of sulfonamides is 1. The van der Waals surface area contributed by atoms with Crippen molar-refractivity contribution in [1.29, 1.82) is 0 Å². The number of carbonyl (C=O) groups is 2. The molecule has 8 heteroatoms. The van der Waals surface area contributed by atoms with Crippen molar-refractivity contribution >= 4 is 27.5 Å². The van der Waals surface area contributed by atoms with Gasteiger partial charge in [0.1, 0.15) is 11.4 Å². The predicted molar refractivity (Wildman–Crippen MR) is 107 cm³/mol. The molecule has 0 aliphatic carbocycles. The van der Waals surface area contributed by atoms with Crippen molar-refractivity contribution in [1.82, 2.24) is 4.31 Å². The number of nitrogens with zero attached hydrogens (tertiary/aromatic N) is 1. The largest absolute Gasteiger partial charge is 0.497 e. The Morgan fingerprint density at radius 2 is 1.76 bits per heavy atom. The van der Waals surface area contributed by atoms with Gasteiger partial charge in [-0.2, -0.15) is 0 Å². The third-order valence-electron chi connectivity index (χ3n) is 4.31. The third kappa shape index (κ3) is 3.66. The number of hydrogen-bond acceptors (Lipinski definition) is 6. The Kier molecular flexibility index (Phi) is 5.56. The van der Waals surface area contributed by atoms with Gasteiger partial charge in [0.15, 0.2) is 11.5 Å². The summed E-state index contributed by atoms with van der Waals surface area (Å²) in [5.41, 5.74) is 0.160. The van der Waals surface area contributed by atoms with Gasteiger partial charge in [-0.3, -0.25) is 9.10 Å². The van der Waals surface area contributed by atoms with Gasteiger partial charge < -0.3 is 9.47 Å². The summed E-state index contributed by atoms with van der Waals surface area (Å²) in [7, 11) is -2.50. The molecule has 1 aliphatic heterocycles. The molecule has 7 nitrogen and oxygen atoms in total. The van der Waals surface area contributed by atoms with Crippen LogP contribution in [0.2, 0.25) is 0 Å². The molecule has 0 saturated carbocycles. The van der Waals surface area contributed by atoms with Crippen molar-refractivity contribution in [3.63, 3.8) is 0 Å². The number of esters is 1. The third-order valence-corrected chi connectivity index (χ3v) is 6.14. The number of benzene rings is 2. The Bertz CT molecular complexity index is 1120. The normalized spacial score (nSPS) is 14.8. The molecule has 0 unspecified atom stereocenters. The van der Waals surface area contributed by atoms with Crippen LogP contribution in [0, 0.1) is 0 Å². The zero-order valence-electron chi connectivity index (χ0n) is 15.9. The van der Waals surface area contributed by atoms with E-state index in [0.717, 1.165) is 4.31 Å². The standard InChI is InChI=1S/C21H19NO6S/c1-4-13-22-19(14(2)23)20(17-7-5-6-8-18(17)29(22,25)26)28-21(24)15-9-11-16(27-3)12-10-15/h4-12H,1,13H2,2-3H3. The van der Waals surface area contributed by atoms with Crippen molar-refractivity contribution in [2.75, 3.05) is 13.7 Å². The minimum Gasteiger partial charge on any atom is -0.497 e. The maximum Gasteiger partial charge on any atom is 0.343 e. The van der Waals surface area contributed by atoms with Gasteiger partial charge in [0.25, 0.3) is 10.0 Å². The van der Waals surface area contributed by atoms with E-state index in [9.17, 15) is 18.0 Å². The number of allylic oxidation sites excluding steroid dienone is 1. The number of hydrogen-bond donors (Lipinski definition) is 0. The van der Waals surface area contributed by atoms with Gasteiger partial charge in [-0.15, -0.1) is 6.58 Å². The van der Waals surface area contributed by atoms with Crippen LogP contribution in [0.4, 0.5) is 0 Å². The lowest BCUT2D eigenvalue weighted by molar-refractivity contribution is -0.114. The summed E-state index contributed by atoms with van der Waals surface area (Å²) in [5.74, 6) is -0.821. The predicted octanol–water partition coefficient (Wildman–Crippen LogP) is 3.00. The molecule has 1 heterocycles. The molecule has 2 aromatic rings. The fourth-order valence-electron chi connectivity index (χ4n) is 2.98. The molecule has 29 heavy (non-hydrogen) atoms. The highest BCUT2D eigenvalue weighted by Crippen LogP contribution is 2.38. The van der Waals surface area contributed by atoms with Gasteiger partial charge in [-0.25, -0.2) is 13.2 Å². The summed E-state index contributed by atoms with van der Waals surface area (Å²) < 4.78 is 37.6. The minimum atomic E-state index is -4.01. The quantitative estimate of drug-likeness (QED) is 0.534. The minimum absolute atomic E-state index is 0.0515. The molecule has 1 aliphatic rings. The van der Waals surface area contributed by atoms with Crippen LogP contribution in [0.1, 0.15) is 22.8 Å². The number of methoxy groups -OCH3 is 1. The summed E-state index contributed by atoms with van der Waals surface area (Å²) in [6.07, 6.45) is 1.36. The van der Waals surface area contributed by atoms with Gasteiger partial charge in [0, 0.05) is 12.5 Å². The molecule has 0 N–H and O–H groups in total. The summed E-state index contributed by atoms with van der Waals surface area (Å²) in [6.45, 7) is 4.64. The maximum atomic E-state index is 13.0. The molecule has 0 saturated heterocycles. The molecule has 0 fully saturated rings. The van der Waals surface area contributed by atoms with E-state index in [-0.39, 0.29) is 34.0 Å². The molecular weight excluding hydrogens is 394 g/mol. The van der Waals surface area contributed by atoms with Crippen molar-refractivity contribution < 1.29 is 27.5 Å².